The molecule has 0 aliphatic carbocycles. The van der Waals surface area contributed by atoms with Crippen molar-refractivity contribution in [2.75, 3.05) is 6.61 Å². The number of carbonyl (C=O) groups is 2. The van der Waals surface area contributed by atoms with Crippen molar-refractivity contribution in [3.8, 4) is 5.75 Å². The van der Waals surface area contributed by atoms with Gasteiger partial charge in [0.2, 0.25) is 5.91 Å². The number of nitrogens with zero attached hydrogens (tertiary/aromatic N) is 1. The van der Waals surface area contributed by atoms with Crippen LogP contribution in [0.3, 0.4) is 0 Å². The van der Waals surface area contributed by atoms with Crippen LogP contribution in [0.1, 0.15) is 31.4 Å². The summed E-state index contributed by atoms with van der Waals surface area (Å²) in [6, 6.07) is 22.3. The highest BCUT2D eigenvalue weighted by atomic mass is 79.9. The molecule has 0 saturated carbocycles. The summed E-state index contributed by atoms with van der Waals surface area (Å²) in [5, 5.41) is 3.02. The van der Waals surface area contributed by atoms with Gasteiger partial charge in [-0.3, -0.25) is 9.59 Å². The fourth-order valence-corrected chi connectivity index (χ4v) is 3.83. The monoisotopic (exact) mass is 540 g/mol. The largest absolute Gasteiger partial charge is 0.481 e. The number of hydrogen-bond acceptors (Lipinski definition) is 3. The van der Waals surface area contributed by atoms with Crippen molar-refractivity contribution in [3.05, 3.63) is 100 Å². The number of amides is 2. The van der Waals surface area contributed by atoms with Gasteiger partial charge in [0.15, 0.2) is 18.2 Å². The highest BCUT2D eigenvalue weighted by Crippen LogP contribution is 2.19. The molecule has 1 N–H and O–H groups in total. The van der Waals surface area contributed by atoms with Gasteiger partial charge >= 0.3 is 0 Å². The van der Waals surface area contributed by atoms with Gasteiger partial charge < -0.3 is 15.0 Å². The molecule has 0 spiro atoms. The highest BCUT2D eigenvalue weighted by molar-refractivity contribution is 9.10. The molecule has 7 heteroatoms. The molecule has 184 valence electrons. The molecular weight excluding hydrogens is 511 g/mol. The first-order valence-corrected chi connectivity index (χ1v) is 12.4. The SMILES string of the molecule is CC[C@H](C)NC(=O)[C@H](Cc1ccccc1)N(Cc1ccc(Br)cc1)C(=O)COc1ccccc1F. The molecule has 2 amide bonds. The lowest BCUT2D eigenvalue weighted by molar-refractivity contribution is -0.143. The van der Waals surface area contributed by atoms with Crippen LogP contribution in [0.4, 0.5) is 4.39 Å². The van der Waals surface area contributed by atoms with Gasteiger partial charge in [-0.15, -0.1) is 0 Å². The molecule has 0 radical (unpaired) electrons. The van der Waals surface area contributed by atoms with Crippen LogP contribution in [-0.2, 0) is 22.6 Å². The summed E-state index contributed by atoms with van der Waals surface area (Å²) in [5.74, 6) is -1.20. The number of hydrogen-bond donors (Lipinski definition) is 1. The Morgan fingerprint density at radius 1 is 0.971 bits per heavy atom. The van der Waals surface area contributed by atoms with E-state index >= 15 is 0 Å². The number of ether oxygens (including phenoxy) is 1. The Hall–Kier alpha value is -3.19. The third-order valence-corrected chi connectivity index (χ3v) is 6.25. The van der Waals surface area contributed by atoms with Crippen molar-refractivity contribution < 1.29 is 18.7 Å². The Morgan fingerprint density at radius 2 is 1.63 bits per heavy atom. The van der Waals surface area contributed by atoms with Crippen molar-refractivity contribution in [2.24, 2.45) is 0 Å². The molecule has 0 fully saturated rings. The standard InChI is InChI=1S/C28H30BrFN2O3/c1-3-20(2)31-28(34)25(17-21-9-5-4-6-10-21)32(18-22-13-15-23(29)16-14-22)27(33)19-35-26-12-8-7-11-24(26)30/h4-16,20,25H,3,17-19H2,1-2H3,(H,31,34)/t20-,25-/m0/s1. The minimum Gasteiger partial charge on any atom is -0.481 e. The number of halogens is 2. The van der Waals surface area contributed by atoms with Crippen molar-refractivity contribution in [2.45, 2.75) is 45.3 Å². The zero-order valence-electron chi connectivity index (χ0n) is 19.9. The van der Waals surface area contributed by atoms with E-state index in [0.29, 0.717) is 6.42 Å². The lowest BCUT2D eigenvalue weighted by Gasteiger charge is -2.32. The van der Waals surface area contributed by atoms with Gasteiger partial charge in [-0.2, -0.15) is 0 Å². The van der Waals surface area contributed by atoms with Crippen LogP contribution >= 0.6 is 15.9 Å². The molecule has 3 aromatic rings. The van der Waals surface area contributed by atoms with Gasteiger partial charge in [0, 0.05) is 23.5 Å². The lowest BCUT2D eigenvalue weighted by atomic mass is 10.0. The molecule has 0 bridgehead atoms. The van der Waals surface area contributed by atoms with Crippen LogP contribution in [-0.4, -0.2) is 35.4 Å². The third kappa shape index (κ3) is 7.92. The van der Waals surface area contributed by atoms with Crippen molar-refractivity contribution in [3.63, 3.8) is 0 Å². The maximum atomic E-state index is 14.1. The van der Waals surface area contributed by atoms with Gasteiger partial charge in [-0.1, -0.05) is 77.5 Å². The van der Waals surface area contributed by atoms with E-state index in [2.05, 4.69) is 21.2 Å². The first-order chi connectivity index (χ1) is 16.9. The van der Waals surface area contributed by atoms with E-state index in [1.807, 2.05) is 68.4 Å². The zero-order chi connectivity index (χ0) is 25.2. The molecular formula is C28H30BrFN2O3. The van der Waals surface area contributed by atoms with E-state index < -0.39 is 17.8 Å². The van der Waals surface area contributed by atoms with Gasteiger partial charge in [0.05, 0.1) is 0 Å². The Balaban J connectivity index is 1.91. The average Bonchev–Trinajstić information content (AvgIpc) is 2.87. The second-order valence-electron chi connectivity index (χ2n) is 8.39. The molecule has 0 aromatic heterocycles. The minimum atomic E-state index is -0.772. The summed E-state index contributed by atoms with van der Waals surface area (Å²) in [5.41, 5.74) is 1.79. The Labute approximate surface area is 214 Å². The molecule has 0 heterocycles. The van der Waals surface area contributed by atoms with Gasteiger partial charge in [0.1, 0.15) is 6.04 Å². The van der Waals surface area contributed by atoms with E-state index in [0.717, 1.165) is 22.0 Å². The van der Waals surface area contributed by atoms with E-state index in [1.54, 1.807) is 12.1 Å². The number of rotatable bonds is 11. The van der Waals surface area contributed by atoms with Crippen LogP contribution in [0.25, 0.3) is 0 Å². The highest BCUT2D eigenvalue weighted by Gasteiger charge is 2.31. The first-order valence-electron chi connectivity index (χ1n) is 11.6. The summed E-state index contributed by atoms with van der Waals surface area (Å²) in [7, 11) is 0. The molecule has 3 aromatic carbocycles. The molecule has 0 aliphatic heterocycles. The summed E-state index contributed by atoms with van der Waals surface area (Å²) < 4.78 is 20.5. The summed E-state index contributed by atoms with van der Waals surface area (Å²) in [4.78, 5) is 28.4. The second kappa shape index (κ2) is 13.0. The number of carbonyl (C=O) groups excluding carboxylic acids is 2. The quantitative estimate of drug-likeness (QED) is 0.348. The molecule has 0 aliphatic rings. The Bertz CT molecular complexity index is 1110. The molecule has 0 unspecified atom stereocenters. The average molecular weight is 541 g/mol. The van der Waals surface area contributed by atoms with Crippen LogP contribution in [0.5, 0.6) is 5.75 Å². The van der Waals surface area contributed by atoms with Crippen molar-refractivity contribution in [1.29, 1.82) is 0 Å². The van der Waals surface area contributed by atoms with Crippen molar-refractivity contribution in [1.82, 2.24) is 10.2 Å². The molecule has 3 rings (SSSR count). The predicted molar refractivity (Wildman–Crippen MR) is 138 cm³/mol. The van der Waals surface area contributed by atoms with E-state index in [1.165, 1.54) is 17.0 Å². The predicted octanol–water partition coefficient (Wildman–Crippen LogP) is 5.52. The van der Waals surface area contributed by atoms with E-state index in [-0.39, 0.29) is 30.9 Å². The molecule has 35 heavy (non-hydrogen) atoms. The van der Waals surface area contributed by atoms with Crippen molar-refractivity contribution >= 4 is 27.7 Å². The number of para-hydroxylation sites is 1. The van der Waals surface area contributed by atoms with E-state index in [9.17, 15) is 14.0 Å². The fraction of sp³-hybridized carbons (Fsp3) is 0.286. The normalized spacial score (nSPS) is 12.5. The molecule has 2 atom stereocenters. The number of benzene rings is 3. The fourth-order valence-electron chi connectivity index (χ4n) is 3.57. The summed E-state index contributed by atoms with van der Waals surface area (Å²) in [6.45, 7) is 3.74. The Kier molecular flexibility index (Phi) is 9.85. The van der Waals surface area contributed by atoms with Gasteiger partial charge in [-0.25, -0.2) is 4.39 Å². The molecule has 0 saturated heterocycles. The number of nitrogens with one attached hydrogen (secondary N) is 1. The van der Waals surface area contributed by atoms with Crippen LogP contribution < -0.4 is 10.1 Å². The minimum absolute atomic E-state index is 0.00638. The maximum absolute atomic E-state index is 14.1. The van der Waals surface area contributed by atoms with E-state index in [4.69, 9.17) is 4.74 Å². The van der Waals surface area contributed by atoms with Crippen LogP contribution in [0.15, 0.2) is 83.3 Å². The summed E-state index contributed by atoms with van der Waals surface area (Å²) in [6.07, 6.45) is 1.10. The van der Waals surface area contributed by atoms with Gasteiger partial charge in [0.25, 0.3) is 5.91 Å². The molecule has 5 nitrogen and oxygen atoms in total. The second-order valence-corrected chi connectivity index (χ2v) is 9.31. The zero-order valence-corrected chi connectivity index (χ0v) is 21.5. The maximum Gasteiger partial charge on any atom is 0.261 e. The Morgan fingerprint density at radius 3 is 2.29 bits per heavy atom. The first kappa shape index (κ1) is 26.4. The lowest BCUT2D eigenvalue weighted by Crippen LogP contribution is -2.53. The summed E-state index contributed by atoms with van der Waals surface area (Å²) >= 11 is 3.43. The third-order valence-electron chi connectivity index (χ3n) is 5.73. The topological polar surface area (TPSA) is 58.6 Å². The van der Waals surface area contributed by atoms with Crippen LogP contribution in [0.2, 0.25) is 0 Å². The smallest absolute Gasteiger partial charge is 0.261 e. The van der Waals surface area contributed by atoms with Crippen LogP contribution in [0, 0.1) is 5.82 Å². The van der Waals surface area contributed by atoms with Gasteiger partial charge in [-0.05, 0) is 48.7 Å².